The van der Waals surface area contributed by atoms with Crippen LogP contribution in [0.1, 0.15) is 135 Å². The Morgan fingerprint density at radius 1 is 0.521 bits per heavy atom. The van der Waals surface area contributed by atoms with Gasteiger partial charge in [0.15, 0.2) is 0 Å². The van der Waals surface area contributed by atoms with Crippen LogP contribution in [0.2, 0.25) is 0 Å². The van der Waals surface area contributed by atoms with Gasteiger partial charge >= 0.3 is 0 Å². The second kappa shape index (κ2) is 15.5. The second-order valence-corrected chi connectivity index (χ2v) is 18.5. The van der Waals surface area contributed by atoms with Crippen molar-refractivity contribution in [2.75, 3.05) is 0 Å². The van der Waals surface area contributed by atoms with Crippen molar-refractivity contribution in [2.24, 2.45) is 5.41 Å². The van der Waals surface area contributed by atoms with E-state index in [9.17, 15) is 0 Å². The Kier molecular flexibility index (Phi) is 13.6. The zero-order chi connectivity index (χ0) is 35.9. The van der Waals surface area contributed by atoms with Gasteiger partial charge in [-0.05, 0) is 115 Å². The topological polar surface area (TPSA) is 0 Å². The van der Waals surface area contributed by atoms with Crippen molar-refractivity contribution in [3.63, 3.8) is 0 Å². The Morgan fingerprint density at radius 2 is 0.938 bits per heavy atom. The fourth-order valence-corrected chi connectivity index (χ4v) is 5.88. The molecule has 0 bridgehead atoms. The van der Waals surface area contributed by atoms with Gasteiger partial charge in [0, 0.05) is 41.7 Å². The minimum atomic E-state index is 0. The standard InChI is InChI=1S/C42H51.C5H12.Ce/c1-26-15-16-31(23-39(26)42(12,13)14)32-17-27(2)37(28(3)18-32)25-38-29(4)19-33(20-30(38)5)34-21-35(40(6,7)8)24-36(22-34)41(9,10)11;1-5(2,3)4;/h15-23,25H,1H2,2-14H3;1-4H3;/q-1;;. The van der Waals surface area contributed by atoms with Crippen LogP contribution in [-0.2, 0) is 16.2 Å². The number of benzene rings is 4. The van der Waals surface area contributed by atoms with Gasteiger partial charge < -0.3 is 0 Å². The fourth-order valence-electron chi connectivity index (χ4n) is 5.88. The molecule has 0 aromatic heterocycles. The smallest absolute Gasteiger partial charge is 0 e. The summed E-state index contributed by atoms with van der Waals surface area (Å²) in [6.07, 6.45) is 2.39. The first-order valence-corrected chi connectivity index (χ1v) is 17.4. The fraction of sp³-hybridized carbons (Fsp3) is 0.447. The van der Waals surface area contributed by atoms with Crippen LogP contribution < -0.4 is 10.4 Å². The van der Waals surface area contributed by atoms with Crippen molar-refractivity contribution in [3.8, 4) is 11.1 Å². The van der Waals surface area contributed by atoms with Crippen molar-refractivity contribution < 1.29 is 41.7 Å². The van der Waals surface area contributed by atoms with Crippen LogP contribution in [0.25, 0.3) is 23.8 Å². The van der Waals surface area contributed by atoms with Gasteiger partial charge in [0.05, 0.1) is 0 Å². The molecule has 48 heavy (non-hydrogen) atoms. The average Bonchev–Trinajstić information content (AvgIpc) is 2.89. The molecule has 0 aliphatic heterocycles. The second-order valence-electron chi connectivity index (χ2n) is 18.5. The van der Waals surface area contributed by atoms with Crippen molar-refractivity contribution in [1.29, 1.82) is 0 Å². The van der Waals surface area contributed by atoms with Crippen LogP contribution in [-0.4, -0.2) is 0 Å². The molecule has 0 saturated carbocycles. The summed E-state index contributed by atoms with van der Waals surface area (Å²) in [7, 11) is 0. The molecule has 4 aromatic rings. The molecule has 0 amide bonds. The normalized spacial score (nSPS) is 12.2. The number of aryl methyl sites for hydroxylation is 4. The third-order valence-electron chi connectivity index (χ3n) is 8.55. The van der Waals surface area contributed by atoms with E-state index in [1.165, 1.54) is 71.3 Å². The maximum atomic E-state index is 4.28. The van der Waals surface area contributed by atoms with E-state index in [-0.39, 0.29) is 58.0 Å². The molecule has 0 aliphatic rings. The summed E-state index contributed by atoms with van der Waals surface area (Å²) < 4.78 is 0. The van der Waals surface area contributed by atoms with Crippen LogP contribution in [0, 0.1) is 91.4 Å². The summed E-state index contributed by atoms with van der Waals surface area (Å²) in [6, 6.07) is 24.5. The van der Waals surface area contributed by atoms with Crippen LogP contribution in [0.4, 0.5) is 0 Å². The molecule has 0 radical (unpaired) electrons. The van der Waals surface area contributed by atoms with E-state index in [1.54, 1.807) is 0 Å². The maximum absolute atomic E-state index is 4.28. The molecule has 4 aromatic carbocycles. The van der Waals surface area contributed by atoms with Gasteiger partial charge in [-0.1, -0.05) is 139 Å². The molecule has 0 unspecified atom stereocenters. The monoisotopic (exact) mass is 767 g/mol. The summed E-state index contributed by atoms with van der Waals surface area (Å²) in [4.78, 5) is 0. The van der Waals surface area contributed by atoms with Gasteiger partial charge in [-0.3, -0.25) is 0 Å². The minimum absolute atomic E-state index is 0. The van der Waals surface area contributed by atoms with Crippen LogP contribution >= 0.6 is 0 Å². The van der Waals surface area contributed by atoms with Crippen molar-refractivity contribution in [1.82, 2.24) is 0 Å². The molecule has 0 spiro atoms. The minimum Gasteiger partial charge on any atom is -0.176 e. The van der Waals surface area contributed by atoms with E-state index in [2.05, 4.69) is 191 Å². The van der Waals surface area contributed by atoms with Gasteiger partial charge in [-0.15, -0.1) is 5.56 Å². The quantitative estimate of drug-likeness (QED) is 0.178. The van der Waals surface area contributed by atoms with Crippen LogP contribution in [0.3, 0.4) is 0 Å². The molecule has 256 valence electrons. The first kappa shape index (κ1) is 42.2. The Balaban J connectivity index is 0.00000124. The van der Waals surface area contributed by atoms with Gasteiger partial charge in [0.2, 0.25) is 0 Å². The first-order valence-electron chi connectivity index (χ1n) is 17.4. The molecule has 0 N–H and O–H groups in total. The van der Waals surface area contributed by atoms with E-state index in [4.69, 9.17) is 0 Å². The first-order chi connectivity index (χ1) is 21.3. The molecule has 0 heterocycles. The van der Waals surface area contributed by atoms with Crippen LogP contribution in [0.5, 0.6) is 0 Å². The third-order valence-corrected chi connectivity index (χ3v) is 8.55. The zero-order valence-corrected chi connectivity index (χ0v) is 36.6. The Bertz CT molecular complexity index is 1870. The Morgan fingerprint density at radius 3 is 1.33 bits per heavy atom. The van der Waals surface area contributed by atoms with E-state index >= 15 is 0 Å². The predicted molar refractivity (Wildman–Crippen MR) is 210 cm³/mol. The van der Waals surface area contributed by atoms with E-state index < -0.39 is 0 Å². The molecular formula is C47H63Ce-. The van der Waals surface area contributed by atoms with Crippen molar-refractivity contribution >= 4 is 12.7 Å². The van der Waals surface area contributed by atoms with Crippen molar-refractivity contribution in [3.05, 3.63) is 126 Å². The molecule has 0 aliphatic carbocycles. The number of rotatable bonds is 2. The molecule has 0 nitrogen and oxygen atoms in total. The molecule has 4 rings (SSSR count). The maximum Gasteiger partial charge on any atom is 0 e. The van der Waals surface area contributed by atoms with E-state index in [0.29, 0.717) is 5.41 Å². The van der Waals surface area contributed by atoms with Gasteiger partial charge in [0.1, 0.15) is 0 Å². The summed E-state index contributed by atoms with van der Waals surface area (Å²) in [5, 5.41) is 4.94. The molecular weight excluding hydrogens is 705 g/mol. The van der Waals surface area contributed by atoms with Gasteiger partial charge in [-0.2, -0.15) is 29.3 Å². The zero-order valence-electron chi connectivity index (χ0n) is 33.5. The molecule has 0 atom stereocenters. The SMILES string of the molecule is C=c1ccc(=c2cc(C)c(=Cc3c(C)cc(-c4cc(C(C)(C)C)[c-]c(C(C)(C)C)c4)cc3C)c(C)c2)cc1C(C)(C)C.CC(C)(C)C.[Ce]. The third kappa shape index (κ3) is 11.3. The predicted octanol–water partition coefficient (Wildman–Crippen LogP) is 11.9. The summed E-state index contributed by atoms with van der Waals surface area (Å²) >= 11 is 0. The summed E-state index contributed by atoms with van der Waals surface area (Å²) in [5.74, 6) is 0. The van der Waals surface area contributed by atoms with Gasteiger partial charge in [0.25, 0.3) is 0 Å². The van der Waals surface area contributed by atoms with Crippen molar-refractivity contribution in [2.45, 2.75) is 134 Å². The molecule has 0 saturated heterocycles. The van der Waals surface area contributed by atoms with E-state index in [0.717, 1.165) is 5.22 Å². The average molecular weight is 768 g/mol. The van der Waals surface area contributed by atoms with Gasteiger partial charge in [-0.25, -0.2) is 0 Å². The van der Waals surface area contributed by atoms with E-state index in [1.807, 2.05) is 0 Å². The molecule has 0 fully saturated rings. The summed E-state index contributed by atoms with van der Waals surface area (Å²) in [5.41, 5.74) is 13.5. The number of hydrogen-bond acceptors (Lipinski definition) is 0. The summed E-state index contributed by atoms with van der Waals surface area (Å²) in [6.45, 7) is 42.5. The number of hydrogen-bond donors (Lipinski definition) is 0. The Labute approximate surface area is 328 Å². The largest absolute Gasteiger partial charge is 0.176 e. The van der Waals surface area contributed by atoms with Crippen LogP contribution in [0.15, 0.2) is 54.6 Å². The molecule has 1 heteroatoms. The Hall–Kier alpha value is -2.00.